The van der Waals surface area contributed by atoms with E-state index in [2.05, 4.69) is 49.4 Å². The quantitative estimate of drug-likeness (QED) is 0.557. The number of nitrogens with one attached hydrogen (secondary N) is 2. The SMILES string of the molecule is CC(=Cc1c(C)c(C)c(-c2ccc(NC(C)C)nc2)c(C)c1C)C(=O)N[C@H](C)C(=O)O. The summed E-state index contributed by atoms with van der Waals surface area (Å²) in [6, 6.07) is 3.44. The first-order valence-corrected chi connectivity index (χ1v) is 10.5. The minimum absolute atomic E-state index is 0.316. The average molecular weight is 424 g/mol. The number of nitrogens with zero attached hydrogens (tertiary/aromatic N) is 1. The first-order chi connectivity index (χ1) is 14.4. The summed E-state index contributed by atoms with van der Waals surface area (Å²) in [5.74, 6) is -0.599. The Morgan fingerprint density at radius 1 is 1.00 bits per heavy atom. The van der Waals surface area contributed by atoms with Crippen LogP contribution >= 0.6 is 0 Å². The lowest BCUT2D eigenvalue weighted by molar-refractivity contribution is -0.140. The number of carbonyl (C=O) groups is 2. The lowest BCUT2D eigenvalue weighted by Gasteiger charge is -2.20. The number of benzene rings is 1. The molecule has 0 aliphatic carbocycles. The number of aliphatic carboxylic acids is 1. The van der Waals surface area contributed by atoms with Gasteiger partial charge in [0.2, 0.25) is 5.91 Å². The topological polar surface area (TPSA) is 91.3 Å². The van der Waals surface area contributed by atoms with Crippen molar-refractivity contribution in [1.82, 2.24) is 10.3 Å². The first kappa shape index (κ1) is 24.1. The number of pyridine rings is 1. The molecule has 2 aromatic rings. The summed E-state index contributed by atoms with van der Waals surface area (Å²) in [6.45, 7) is 15.6. The summed E-state index contributed by atoms with van der Waals surface area (Å²) in [5, 5.41) is 14.8. The standard InChI is InChI=1S/C25H33N3O3/c1-13(2)27-22-10-9-20(12-26-22)23-17(6)15(4)21(16(5)18(23)7)11-14(3)24(29)28-19(8)25(30)31/h9-13,19H,1-8H3,(H,26,27)(H,28,29)(H,30,31)/t19-/m1/s1. The molecule has 1 heterocycles. The molecule has 0 saturated carbocycles. The molecular weight excluding hydrogens is 390 g/mol. The third-order valence-corrected chi connectivity index (χ3v) is 5.61. The molecule has 1 aromatic carbocycles. The third kappa shape index (κ3) is 5.51. The third-order valence-electron chi connectivity index (χ3n) is 5.61. The van der Waals surface area contributed by atoms with Gasteiger partial charge in [0.1, 0.15) is 11.9 Å². The smallest absolute Gasteiger partial charge is 0.325 e. The van der Waals surface area contributed by atoms with Crippen LogP contribution in [0.15, 0.2) is 23.9 Å². The molecule has 0 bridgehead atoms. The monoisotopic (exact) mass is 423 g/mol. The maximum atomic E-state index is 12.4. The number of carbonyl (C=O) groups excluding carboxylic acids is 1. The molecule has 0 radical (unpaired) electrons. The number of anilines is 1. The highest BCUT2D eigenvalue weighted by Gasteiger charge is 2.18. The predicted molar refractivity (Wildman–Crippen MR) is 126 cm³/mol. The number of aromatic nitrogens is 1. The molecule has 3 N–H and O–H groups in total. The van der Waals surface area contributed by atoms with Gasteiger partial charge in [0, 0.05) is 23.4 Å². The fraction of sp³-hybridized carbons (Fsp3) is 0.400. The van der Waals surface area contributed by atoms with E-state index in [1.165, 1.54) is 6.92 Å². The van der Waals surface area contributed by atoms with Gasteiger partial charge in [-0.3, -0.25) is 9.59 Å². The van der Waals surface area contributed by atoms with Crippen LogP contribution in [0.3, 0.4) is 0 Å². The normalized spacial score (nSPS) is 12.6. The minimum atomic E-state index is -1.06. The molecule has 0 aliphatic heterocycles. The number of amides is 1. The molecule has 0 unspecified atom stereocenters. The molecule has 6 heteroatoms. The molecule has 0 fully saturated rings. The van der Waals surface area contributed by atoms with Gasteiger partial charge in [-0.25, -0.2) is 4.98 Å². The van der Waals surface area contributed by atoms with E-state index in [-0.39, 0.29) is 5.91 Å². The summed E-state index contributed by atoms with van der Waals surface area (Å²) in [6.07, 6.45) is 3.73. The van der Waals surface area contributed by atoms with Gasteiger partial charge in [0.15, 0.2) is 0 Å². The van der Waals surface area contributed by atoms with Crippen LogP contribution in [0.25, 0.3) is 17.2 Å². The van der Waals surface area contributed by atoms with Crippen LogP contribution in [0.5, 0.6) is 0 Å². The molecule has 31 heavy (non-hydrogen) atoms. The Morgan fingerprint density at radius 3 is 2.03 bits per heavy atom. The Labute approximate surface area is 184 Å². The van der Waals surface area contributed by atoms with E-state index in [4.69, 9.17) is 5.11 Å². The second-order valence-electron chi connectivity index (χ2n) is 8.38. The lowest BCUT2D eigenvalue weighted by atomic mass is 9.85. The molecule has 1 aromatic heterocycles. The van der Waals surface area contributed by atoms with E-state index < -0.39 is 12.0 Å². The molecule has 0 spiro atoms. The van der Waals surface area contributed by atoms with E-state index in [1.807, 2.05) is 32.2 Å². The number of carboxylic acid groups (broad SMARTS) is 1. The molecule has 0 saturated heterocycles. The van der Waals surface area contributed by atoms with Gasteiger partial charge >= 0.3 is 5.97 Å². The van der Waals surface area contributed by atoms with Crippen molar-refractivity contribution in [3.63, 3.8) is 0 Å². The van der Waals surface area contributed by atoms with Crippen molar-refractivity contribution < 1.29 is 14.7 Å². The van der Waals surface area contributed by atoms with E-state index >= 15 is 0 Å². The molecule has 1 amide bonds. The highest BCUT2D eigenvalue weighted by molar-refractivity contribution is 5.99. The molecule has 166 valence electrons. The largest absolute Gasteiger partial charge is 0.480 e. The zero-order valence-electron chi connectivity index (χ0n) is 19.7. The molecule has 1 atom stereocenters. The van der Waals surface area contributed by atoms with Gasteiger partial charge in [0.25, 0.3) is 0 Å². The molecular formula is C25H33N3O3. The van der Waals surface area contributed by atoms with Crippen molar-refractivity contribution in [2.24, 2.45) is 0 Å². The minimum Gasteiger partial charge on any atom is -0.480 e. The van der Waals surface area contributed by atoms with Crippen LogP contribution in [-0.4, -0.2) is 34.1 Å². The van der Waals surface area contributed by atoms with Gasteiger partial charge in [-0.2, -0.15) is 0 Å². The van der Waals surface area contributed by atoms with E-state index in [1.54, 1.807) is 6.92 Å². The fourth-order valence-electron chi connectivity index (χ4n) is 3.57. The summed E-state index contributed by atoms with van der Waals surface area (Å²) in [7, 11) is 0. The number of carboxylic acids is 1. The van der Waals surface area contributed by atoms with Crippen molar-refractivity contribution >= 4 is 23.8 Å². The highest BCUT2D eigenvalue weighted by Crippen LogP contribution is 2.35. The van der Waals surface area contributed by atoms with Crippen molar-refractivity contribution in [2.45, 2.75) is 67.5 Å². The number of rotatable bonds is 7. The average Bonchev–Trinajstić information content (AvgIpc) is 2.70. The summed E-state index contributed by atoms with van der Waals surface area (Å²) < 4.78 is 0. The zero-order valence-corrected chi connectivity index (χ0v) is 19.7. The Bertz CT molecular complexity index is 992. The molecule has 2 rings (SSSR count). The van der Waals surface area contributed by atoms with E-state index in [0.717, 1.165) is 44.8 Å². The maximum Gasteiger partial charge on any atom is 0.325 e. The second-order valence-corrected chi connectivity index (χ2v) is 8.38. The molecule has 0 aliphatic rings. The van der Waals surface area contributed by atoms with Crippen LogP contribution < -0.4 is 10.6 Å². The first-order valence-electron chi connectivity index (χ1n) is 10.5. The second kappa shape index (κ2) is 9.77. The summed E-state index contributed by atoms with van der Waals surface area (Å²) in [5.41, 5.74) is 8.09. The fourth-order valence-corrected chi connectivity index (χ4v) is 3.57. The molecule has 6 nitrogen and oxygen atoms in total. The van der Waals surface area contributed by atoms with Gasteiger partial charge in [0.05, 0.1) is 0 Å². The number of hydrogen-bond acceptors (Lipinski definition) is 4. The van der Waals surface area contributed by atoms with Gasteiger partial charge in [-0.05, 0) is 107 Å². The zero-order chi connectivity index (χ0) is 23.5. The summed E-state index contributed by atoms with van der Waals surface area (Å²) >= 11 is 0. The number of hydrogen-bond donors (Lipinski definition) is 3. The van der Waals surface area contributed by atoms with E-state index in [0.29, 0.717) is 11.6 Å². The van der Waals surface area contributed by atoms with Crippen LogP contribution in [0.4, 0.5) is 5.82 Å². The lowest BCUT2D eigenvalue weighted by Crippen LogP contribution is -2.38. The van der Waals surface area contributed by atoms with Crippen LogP contribution in [0.1, 0.15) is 55.5 Å². The Morgan fingerprint density at radius 2 is 1.58 bits per heavy atom. The Balaban J connectivity index is 2.46. The predicted octanol–water partition coefficient (Wildman–Crippen LogP) is 4.80. The van der Waals surface area contributed by atoms with Gasteiger partial charge in [-0.1, -0.05) is 0 Å². The summed E-state index contributed by atoms with van der Waals surface area (Å²) in [4.78, 5) is 28.0. The van der Waals surface area contributed by atoms with Crippen molar-refractivity contribution in [1.29, 1.82) is 0 Å². The van der Waals surface area contributed by atoms with Crippen LogP contribution in [-0.2, 0) is 9.59 Å². The highest BCUT2D eigenvalue weighted by atomic mass is 16.4. The van der Waals surface area contributed by atoms with Gasteiger partial charge < -0.3 is 15.7 Å². The van der Waals surface area contributed by atoms with E-state index in [9.17, 15) is 9.59 Å². The van der Waals surface area contributed by atoms with Crippen LogP contribution in [0, 0.1) is 27.7 Å². The van der Waals surface area contributed by atoms with Crippen molar-refractivity contribution in [3.05, 3.63) is 51.7 Å². The Kier molecular flexibility index (Phi) is 7.60. The van der Waals surface area contributed by atoms with Crippen molar-refractivity contribution in [3.8, 4) is 11.1 Å². The maximum absolute atomic E-state index is 12.4. The Hall–Kier alpha value is -3.15. The van der Waals surface area contributed by atoms with Crippen molar-refractivity contribution in [2.75, 3.05) is 5.32 Å². The van der Waals surface area contributed by atoms with Gasteiger partial charge in [-0.15, -0.1) is 0 Å². The van der Waals surface area contributed by atoms with Crippen LogP contribution in [0.2, 0.25) is 0 Å².